The number of hydrogen-bond acceptors (Lipinski definition) is 6. The highest BCUT2D eigenvalue weighted by Gasteiger charge is 2.82. The summed E-state index contributed by atoms with van der Waals surface area (Å²) in [5.74, 6) is -14.9. The average Bonchev–Trinajstić information content (AvgIpc) is 2.96. The Morgan fingerprint density at radius 1 is 0.889 bits per heavy atom. The number of carbonyl (C=O) groups is 2. The Labute approximate surface area is 250 Å². The van der Waals surface area contributed by atoms with Crippen molar-refractivity contribution in [1.82, 2.24) is 4.90 Å². The van der Waals surface area contributed by atoms with Gasteiger partial charge in [0.2, 0.25) is 0 Å². The number of para-hydroxylation sites is 2. The summed E-state index contributed by atoms with van der Waals surface area (Å²) in [6.07, 6.45) is -14.3. The number of nitrogens with one attached hydrogen (secondary N) is 1. The lowest BCUT2D eigenvalue weighted by molar-refractivity contribution is -0.443. The number of urea groups is 1. The zero-order valence-electron chi connectivity index (χ0n) is 23.7. The minimum Gasteiger partial charge on any atom is -0.495 e. The number of methoxy groups -OCH3 is 1. The first kappa shape index (κ1) is 37.3. The molecule has 0 aromatic heterocycles. The standard InChI is InChI=1S/C27H29F9N2O7/c1-3-43-21(22(39)40)16-17-8-10-18(11-9-17)44-14-12-38(23(41)37-19-6-4-5-7-20(19)42-2)13-15-45-27(35,36)25(30,31)24(28,29)26(32,33)34/h4-11,21H,3,12-16H2,1-2H3,(H,37,41)(H,39,40). The minimum atomic E-state index is -7.13. The number of rotatable bonds is 17. The molecule has 2 aromatic rings. The lowest BCUT2D eigenvalue weighted by atomic mass is 10.1. The molecular formula is C27H29F9N2O7. The maximum absolute atomic E-state index is 13.8. The summed E-state index contributed by atoms with van der Waals surface area (Å²) >= 11 is 0. The van der Waals surface area contributed by atoms with Crippen molar-refractivity contribution in [2.45, 2.75) is 43.6 Å². The number of carboxylic acid groups (broad SMARTS) is 1. The van der Waals surface area contributed by atoms with Gasteiger partial charge in [-0.25, -0.2) is 9.59 Å². The monoisotopic (exact) mass is 664 g/mol. The zero-order valence-corrected chi connectivity index (χ0v) is 23.7. The highest BCUT2D eigenvalue weighted by atomic mass is 19.4. The number of anilines is 1. The third-order valence-electron chi connectivity index (χ3n) is 6.01. The van der Waals surface area contributed by atoms with E-state index in [0.717, 1.165) is 0 Å². The summed E-state index contributed by atoms with van der Waals surface area (Å²) in [5, 5.41) is 11.6. The largest absolute Gasteiger partial charge is 0.495 e. The average molecular weight is 665 g/mol. The van der Waals surface area contributed by atoms with Gasteiger partial charge in [-0.15, -0.1) is 0 Å². The zero-order chi connectivity index (χ0) is 34.1. The van der Waals surface area contributed by atoms with Crippen LogP contribution in [0.3, 0.4) is 0 Å². The number of carboxylic acids is 1. The Kier molecular flexibility index (Phi) is 12.7. The summed E-state index contributed by atoms with van der Waals surface area (Å²) in [4.78, 5) is 24.9. The Morgan fingerprint density at radius 2 is 1.49 bits per heavy atom. The molecule has 2 aromatic carbocycles. The Bertz CT molecular complexity index is 1260. The number of amides is 2. The highest BCUT2D eigenvalue weighted by Crippen LogP contribution is 2.53. The van der Waals surface area contributed by atoms with Crippen molar-refractivity contribution in [2.24, 2.45) is 0 Å². The first-order valence-electron chi connectivity index (χ1n) is 13.0. The molecule has 0 saturated carbocycles. The minimum absolute atomic E-state index is 0.0406. The molecule has 18 heteroatoms. The molecule has 252 valence electrons. The van der Waals surface area contributed by atoms with Gasteiger partial charge >= 0.3 is 36.1 Å². The molecule has 2 N–H and O–H groups in total. The van der Waals surface area contributed by atoms with E-state index >= 15 is 0 Å². The van der Waals surface area contributed by atoms with Gasteiger partial charge in [-0.1, -0.05) is 24.3 Å². The number of hydrogen-bond donors (Lipinski definition) is 2. The van der Waals surface area contributed by atoms with Crippen LogP contribution >= 0.6 is 0 Å². The highest BCUT2D eigenvalue weighted by molar-refractivity contribution is 5.91. The SMILES string of the molecule is CCOC(Cc1ccc(OCCN(CCOC(F)(F)C(F)(F)C(F)(F)C(F)(F)F)C(=O)Nc2ccccc2OC)cc1)C(=O)O. The molecule has 1 atom stereocenters. The molecule has 0 fully saturated rings. The summed E-state index contributed by atoms with van der Waals surface area (Å²) in [5.41, 5.74) is 0.660. The molecule has 0 bridgehead atoms. The molecule has 2 amide bonds. The van der Waals surface area contributed by atoms with E-state index < -0.39 is 61.9 Å². The molecule has 0 heterocycles. The van der Waals surface area contributed by atoms with Crippen molar-refractivity contribution in [3.63, 3.8) is 0 Å². The molecule has 0 spiro atoms. The van der Waals surface area contributed by atoms with E-state index in [1.54, 1.807) is 13.0 Å². The van der Waals surface area contributed by atoms with E-state index in [-0.39, 0.29) is 36.8 Å². The van der Waals surface area contributed by atoms with E-state index in [1.165, 1.54) is 49.6 Å². The first-order chi connectivity index (χ1) is 20.9. The first-order valence-corrected chi connectivity index (χ1v) is 13.0. The fourth-order valence-corrected chi connectivity index (χ4v) is 3.62. The van der Waals surface area contributed by atoms with Crippen molar-refractivity contribution in [3.8, 4) is 11.5 Å². The van der Waals surface area contributed by atoms with Gasteiger partial charge in [0.05, 0.1) is 25.9 Å². The van der Waals surface area contributed by atoms with Crippen LogP contribution in [0.1, 0.15) is 12.5 Å². The second-order valence-electron chi connectivity index (χ2n) is 9.11. The van der Waals surface area contributed by atoms with E-state index in [9.17, 15) is 54.2 Å². The van der Waals surface area contributed by atoms with Gasteiger partial charge in [-0.2, -0.15) is 39.5 Å². The van der Waals surface area contributed by atoms with Gasteiger partial charge in [0.15, 0.2) is 6.10 Å². The van der Waals surface area contributed by atoms with E-state index in [4.69, 9.17) is 14.2 Å². The predicted molar refractivity (Wildman–Crippen MR) is 139 cm³/mol. The molecule has 2 rings (SSSR count). The van der Waals surface area contributed by atoms with Crippen LogP contribution in [0.25, 0.3) is 0 Å². The second-order valence-corrected chi connectivity index (χ2v) is 9.11. The lowest BCUT2D eigenvalue weighted by Crippen LogP contribution is -2.62. The lowest BCUT2D eigenvalue weighted by Gasteiger charge is -2.33. The van der Waals surface area contributed by atoms with Crippen molar-refractivity contribution in [3.05, 3.63) is 54.1 Å². The smallest absolute Gasteiger partial charge is 0.460 e. The van der Waals surface area contributed by atoms with Crippen LogP contribution in [-0.4, -0.2) is 92.3 Å². The third-order valence-corrected chi connectivity index (χ3v) is 6.01. The Hall–Kier alpha value is -3.93. The number of nitrogens with zero attached hydrogens (tertiary/aromatic N) is 1. The van der Waals surface area contributed by atoms with Crippen LogP contribution in [0, 0.1) is 0 Å². The van der Waals surface area contributed by atoms with Crippen LogP contribution in [0.5, 0.6) is 11.5 Å². The van der Waals surface area contributed by atoms with E-state index in [0.29, 0.717) is 10.5 Å². The predicted octanol–water partition coefficient (Wildman–Crippen LogP) is 6.08. The molecule has 9 nitrogen and oxygen atoms in total. The van der Waals surface area contributed by atoms with Crippen LogP contribution in [0.4, 0.5) is 50.0 Å². The van der Waals surface area contributed by atoms with Gasteiger partial charge in [-0.05, 0) is 36.8 Å². The number of benzene rings is 2. The molecule has 0 aliphatic rings. The Balaban J connectivity index is 2.13. The normalized spacial score (nSPS) is 13.2. The molecular weight excluding hydrogens is 635 g/mol. The summed E-state index contributed by atoms with van der Waals surface area (Å²) in [6, 6.07) is 10.8. The third kappa shape index (κ3) is 9.53. The van der Waals surface area contributed by atoms with Crippen molar-refractivity contribution >= 4 is 17.7 Å². The quantitative estimate of drug-likeness (QED) is 0.198. The molecule has 0 saturated heterocycles. The molecule has 0 aliphatic carbocycles. The van der Waals surface area contributed by atoms with Gasteiger partial charge in [0, 0.05) is 19.6 Å². The van der Waals surface area contributed by atoms with Crippen LogP contribution < -0.4 is 14.8 Å². The summed E-state index contributed by atoms with van der Waals surface area (Å²) in [7, 11) is 1.27. The fourth-order valence-electron chi connectivity index (χ4n) is 3.62. The fraction of sp³-hybridized carbons (Fsp3) is 0.481. The van der Waals surface area contributed by atoms with Crippen LogP contribution in [0.2, 0.25) is 0 Å². The van der Waals surface area contributed by atoms with Gasteiger partial charge in [-0.3, -0.25) is 0 Å². The molecule has 45 heavy (non-hydrogen) atoms. The summed E-state index contributed by atoms with van der Waals surface area (Å²) < 4.78 is 137. The van der Waals surface area contributed by atoms with Crippen LogP contribution in [-0.2, 0) is 20.7 Å². The van der Waals surface area contributed by atoms with Crippen molar-refractivity contribution < 1.29 is 73.2 Å². The van der Waals surface area contributed by atoms with E-state index in [2.05, 4.69) is 10.1 Å². The van der Waals surface area contributed by atoms with Crippen LogP contribution in [0.15, 0.2) is 48.5 Å². The van der Waals surface area contributed by atoms with Gasteiger partial charge in [0.1, 0.15) is 18.1 Å². The summed E-state index contributed by atoms with van der Waals surface area (Å²) in [6.45, 7) is -1.57. The van der Waals surface area contributed by atoms with E-state index in [1.807, 2.05) is 0 Å². The molecule has 1 unspecified atom stereocenters. The second kappa shape index (κ2) is 15.4. The molecule has 0 aliphatic heterocycles. The number of ether oxygens (including phenoxy) is 4. The van der Waals surface area contributed by atoms with Gasteiger partial charge < -0.3 is 34.3 Å². The Morgan fingerprint density at radius 3 is 2.04 bits per heavy atom. The number of carbonyl (C=O) groups excluding carboxylic acids is 1. The molecule has 0 radical (unpaired) electrons. The number of alkyl halides is 9. The van der Waals surface area contributed by atoms with Crippen molar-refractivity contribution in [1.29, 1.82) is 0 Å². The van der Waals surface area contributed by atoms with Gasteiger partial charge in [0.25, 0.3) is 0 Å². The maximum Gasteiger partial charge on any atom is 0.460 e. The number of aliphatic carboxylic acids is 1. The number of halogens is 9. The van der Waals surface area contributed by atoms with Crippen molar-refractivity contribution in [2.75, 3.05) is 45.3 Å². The topological polar surface area (TPSA) is 107 Å². The maximum atomic E-state index is 13.8.